The Balaban J connectivity index is 2.09. The summed E-state index contributed by atoms with van der Waals surface area (Å²) in [4.78, 5) is 28.5. The van der Waals surface area contributed by atoms with Crippen LogP contribution in [0.4, 0.5) is 5.69 Å². The first-order chi connectivity index (χ1) is 19.9. The van der Waals surface area contributed by atoms with Crippen LogP contribution in [0.3, 0.4) is 0 Å². The van der Waals surface area contributed by atoms with Crippen LogP contribution in [0.1, 0.15) is 26.3 Å². The number of rotatable bonds is 13. The Morgan fingerprint density at radius 1 is 0.881 bits per heavy atom. The number of sulfonamides is 1. The standard InChI is InChI=1S/C30H35Cl2N3O6S/c1-20(2)17-33-30(37)21(3)34(18-24-25(31)9-8-10-26(24)32)29(36)19-35(27-11-6-7-12-28(27)41-5)42(38,39)23-15-13-22(40-4)14-16-23/h6-16,20-21H,17-19H2,1-5H3,(H,33,37)/t21-/m1/s1. The molecule has 1 atom stereocenters. The molecule has 3 aromatic rings. The van der Waals surface area contributed by atoms with Crippen LogP contribution >= 0.6 is 23.2 Å². The molecule has 0 aliphatic rings. The Bertz CT molecular complexity index is 1480. The summed E-state index contributed by atoms with van der Waals surface area (Å²) in [6.07, 6.45) is 0. The maximum atomic E-state index is 14.1. The van der Waals surface area contributed by atoms with Crippen LogP contribution in [-0.4, -0.2) is 58.5 Å². The van der Waals surface area contributed by atoms with Gasteiger partial charge in [0.2, 0.25) is 11.8 Å². The zero-order valence-corrected chi connectivity index (χ0v) is 26.5. The minimum absolute atomic E-state index is 0.0644. The third-order valence-electron chi connectivity index (χ3n) is 6.52. The zero-order chi connectivity index (χ0) is 31.0. The van der Waals surface area contributed by atoms with Crippen molar-refractivity contribution in [1.82, 2.24) is 10.2 Å². The summed E-state index contributed by atoms with van der Waals surface area (Å²) in [7, 11) is -1.42. The van der Waals surface area contributed by atoms with Gasteiger partial charge in [0.15, 0.2) is 0 Å². The number of benzene rings is 3. The second-order valence-electron chi connectivity index (χ2n) is 9.90. The van der Waals surface area contributed by atoms with Crippen LogP contribution in [-0.2, 0) is 26.2 Å². The van der Waals surface area contributed by atoms with Crippen molar-refractivity contribution in [2.75, 3.05) is 31.6 Å². The minimum Gasteiger partial charge on any atom is -0.497 e. The number of ether oxygens (including phenoxy) is 2. The Hall–Kier alpha value is -3.47. The van der Waals surface area contributed by atoms with E-state index >= 15 is 0 Å². The quantitative estimate of drug-likeness (QED) is 0.270. The highest BCUT2D eigenvalue weighted by Crippen LogP contribution is 2.33. The molecular weight excluding hydrogens is 601 g/mol. The van der Waals surface area contributed by atoms with E-state index in [9.17, 15) is 18.0 Å². The molecule has 0 saturated carbocycles. The van der Waals surface area contributed by atoms with Crippen molar-refractivity contribution in [2.45, 2.75) is 38.3 Å². The largest absolute Gasteiger partial charge is 0.497 e. The number of nitrogens with one attached hydrogen (secondary N) is 1. The molecule has 42 heavy (non-hydrogen) atoms. The Morgan fingerprint density at radius 3 is 2.07 bits per heavy atom. The smallest absolute Gasteiger partial charge is 0.264 e. The van der Waals surface area contributed by atoms with Gasteiger partial charge < -0.3 is 19.7 Å². The lowest BCUT2D eigenvalue weighted by Crippen LogP contribution is -2.51. The summed E-state index contributed by atoms with van der Waals surface area (Å²) < 4.78 is 39.7. The van der Waals surface area contributed by atoms with Gasteiger partial charge in [-0.25, -0.2) is 8.42 Å². The van der Waals surface area contributed by atoms with Gasteiger partial charge in [0.25, 0.3) is 10.0 Å². The van der Waals surface area contributed by atoms with Gasteiger partial charge in [-0.3, -0.25) is 13.9 Å². The van der Waals surface area contributed by atoms with Crippen molar-refractivity contribution in [1.29, 1.82) is 0 Å². The van der Waals surface area contributed by atoms with Gasteiger partial charge >= 0.3 is 0 Å². The van der Waals surface area contributed by atoms with Gasteiger partial charge in [0.05, 0.1) is 24.8 Å². The number of amides is 2. The molecule has 0 aromatic heterocycles. The third-order valence-corrected chi connectivity index (χ3v) is 9.00. The van der Waals surface area contributed by atoms with Crippen molar-refractivity contribution in [3.05, 3.63) is 82.3 Å². The fourth-order valence-corrected chi connectivity index (χ4v) is 6.05. The molecule has 0 heterocycles. The molecule has 12 heteroatoms. The molecule has 9 nitrogen and oxygen atoms in total. The first-order valence-corrected chi connectivity index (χ1v) is 15.4. The van der Waals surface area contributed by atoms with Gasteiger partial charge in [-0.1, -0.05) is 55.2 Å². The molecule has 2 amide bonds. The molecule has 1 N–H and O–H groups in total. The summed E-state index contributed by atoms with van der Waals surface area (Å²) in [5, 5.41) is 3.46. The van der Waals surface area contributed by atoms with Crippen molar-refractivity contribution in [3.63, 3.8) is 0 Å². The fraction of sp³-hybridized carbons (Fsp3) is 0.333. The van der Waals surface area contributed by atoms with Crippen LogP contribution < -0.4 is 19.1 Å². The molecular formula is C30H35Cl2N3O6S. The van der Waals surface area contributed by atoms with E-state index in [0.717, 1.165) is 4.31 Å². The lowest BCUT2D eigenvalue weighted by molar-refractivity contribution is -0.139. The number of hydrogen-bond donors (Lipinski definition) is 1. The molecule has 0 aliphatic heterocycles. The minimum atomic E-state index is -4.30. The first-order valence-electron chi connectivity index (χ1n) is 13.2. The zero-order valence-electron chi connectivity index (χ0n) is 24.1. The predicted molar refractivity (Wildman–Crippen MR) is 165 cm³/mol. The fourth-order valence-electron chi connectivity index (χ4n) is 4.11. The van der Waals surface area contributed by atoms with Crippen LogP contribution in [0, 0.1) is 5.92 Å². The number of hydrogen-bond acceptors (Lipinski definition) is 6. The number of methoxy groups -OCH3 is 2. The van der Waals surface area contributed by atoms with E-state index in [4.69, 9.17) is 32.7 Å². The molecule has 0 unspecified atom stereocenters. The van der Waals surface area contributed by atoms with Gasteiger partial charge in [-0.05, 0) is 61.4 Å². The normalized spacial score (nSPS) is 12.0. The highest BCUT2D eigenvalue weighted by atomic mass is 35.5. The molecule has 0 aliphatic carbocycles. The highest BCUT2D eigenvalue weighted by molar-refractivity contribution is 7.92. The Labute approximate surface area is 257 Å². The number of carbonyl (C=O) groups excluding carboxylic acids is 2. The maximum absolute atomic E-state index is 14.1. The van der Waals surface area contributed by atoms with Gasteiger partial charge in [0, 0.05) is 28.7 Å². The van der Waals surface area contributed by atoms with Crippen molar-refractivity contribution in [2.24, 2.45) is 5.92 Å². The molecule has 0 spiro atoms. The lowest BCUT2D eigenvalue weighted by Gasteiger charge is -2.32. The van der Waals surface area contributed by atoms with Crippen molar-refractivity contribution < 1.29 is 27.5 Å². The number of nitrogens with zero attached hydrogens (tertiary/aromatic N) is 2. The summed E-state index contributed by atoms with van der Waals surface area (Å²) in [5.41, 5.74) is 0.580. The van der Waals surface area contributed by atoms with Gasteiger partial charge in [0.1, 0.15) is 24.1 Å². The summed E-state index contributed by atoms with van der Waals surface area (Å²) in [6.45, 7) is 5.11. The topological polar surface area (TPSA) is 105 Å². The van der Waals surface area contributed by atoms with E-state index in [1.54, 1.807) is 49.4 Å². The number of halogens is 2. The van der Waals surface area contributed by atoms with Crippen LogP contribution in [0.5, 0.6) is 11.5 Å². The molecule has 3 aromatic carbocycles. The molecule has 0 saturated heterocycles. The summed E-state index contributed by atoms with van der Waals surface area (Å²) in [5.74, 6) is -0.161. The van der Waals surface area contributed by atoms with E-state index < -0.39 is 34.4 Å². The highest BCUT2D eigenvalue weighted by Gasteiger charge is 2.34. The van der Waals surface area contributed by atoms with E-state index in [2.05, 4.69) is 5.32 Å². The Kier molecular flexibility index (Phi) is 11.5. The second kappa shape index (κ2) is 14.6. The van der Waals surface area contributed by atoms with Gasteiger partial charge in [-0.2, -0.15) is 0 Å². The van der Waals surface area contributed by atoms with Crippen LogP contribution in [0.15, 0.2) is 71.6 Å². The Morgan fingerprint density at radius 2 is 1.50 bits per heavy atom. The van der Waals surface area contributed by atoms with Crippen LogP contribution in [0.2, 0.25) is 10.0 Å². The molecule has 226 valence electrons. The van der Waals surface area contributed by atoms with E-state index in [1.165, 1.54) is 43.4 Å². The molecule has 3 rings (SSSR count). The van der Waals surface area contributed by atoms with Crippen LogP contribution in [0.25, 0.3) is 0 Å². The van der Waals surface area contributed by atoms with Crippen molar-refractivity contribution >= 4 is 50.7 Å². The van der Waals surface area contributed by atoms with E-state index in [1.807, 2.05) is 13.8 Å². The lowest BCUT2D eigenvalue weighted by atomic mass is 10.1. The number of carbonyl (C=O) groups is 2. The summed E-state index contributed by atoms with van der Waals surface area (Å²) in [6, 6.07) is 16.2. The molecule has 0 fully saturated rings. The average Bonchev–Trinajstić information content (AvgIpc) is 2.98. The number of anilines is 1. The monoisotopic (exact) mass is 635 g/mol. The van der Waals surface area contributed by atoms with E-state index in [0.29, 0.717) is 27.9 Å². The summed E-state index contributed by atoms with van der Waals surface area (Å²) >= 11 is 12.9. The molecule has 0 radical (unpaired) electrons. The molecule has 0 bridgehead atoms. The van der Waals surface area contributed by atoms with Gasteiger partial charge in [-0.15, -0.1) is 0 Å². The predicted octanol–water partition coefficient (Wildman–Crippen LogP) is 5.40. The SMILES string of the molecule is COc1ccc(S(=O)(=O)N(CC(=O)N(Cc2c(Cl)cccc2Cl)[C@H](C)C(=O)NCC(C)C)c2ccccc2OC)cc1. The first kappa shape index (κ1) is 33.0. The van der Waals surface area contributed by atoms with E-state index in [-0.39, 0.29) is 28.8 Å². The third kappa shape index (κ3) is 7.87. The van der Waals surface area contributed by atoms with Crippen molar-refractivity contribution in [3.8, 4) is 11.5 Å². The average molecular weight is 637 g/mol. The number of para-hydroxylation sites is 2. The maximum Gasteiger partial charge on any atom is 0.264 e. The second-order valence-corrected chi connectivity index (χ2v) is 12.6.